The Bertz CT molecular complexity index is 191. The highest BCUT2D eigenvalue weighted by Gasteiger charge is 2.43. The van der Waals surface area contributed by atoms with Crippen LogP contribution in [0, 0.1) is 11.8 Å². The maximum atomic E-state index is 10.0. The average molecular weight is 198 g/mol. The summed E-state index contributed by atoms with van der Waals surface area (Å²) in [6.45, 7) is 4.42. The molecule has 0 radical (unpaired) electrons. The van der Waals surface area contributed by atoms with Crippen molar-refractivity contribution in [2.75, 3.05) is 0 Å². The molecule has 4 atom stereocenters. The molecule has 0 aromatic rings. The molecule has 82 valence electrons. The Morgan fingerprint density at radius 3 is 2.57 bits per heavy atom. The van der Waals surface area contributed by atoms with E-state index in [0.29, 0.717) is 24.0 Å². The highest BCUT2D eigenvalue weighted by atomic mass is 16.5. The van der Waals surface area contributed by atoms with E-state index in [1.54, 1.807) is 0 Å². The second-order valence-corrected chi connectivity index (χ2v) is 5.31. The van der Waals surface area contributed by atoms with E-state index < -0.39 is 0 Å². The normalized spacial score (nSPS) is 38.1. The molecule has 0 aromatic carbocycles. The summed E-state index contributed by atoms with van der Waals surface area (Å²) in [6.07, 6.45) is 6.31. The Labute approximate surface area is 86.6 Å². The van der Waals surface area contributed by atoms with Gasteiger partial charge in [-0.1, -0.05) is 13.8 Å². The van der Waals surface area contributed by atoms with Crippen LogP contribution in [-0.2, 0) is 4.74 Å². The molecule has 4 unspecified atom stereocenters. The van der Waals surface area contributed by atoms with Gasteiger partial charge in [0.25, 0.3) is 0 Å². The lowest BCUT2D eigenvalue weighted by Crippen LogP contribution is -2.29. The minimum absolute atomic E-state index is 0.118. The summed E-state index contributed by atoms with van der Waals surface area (Å²) < 4.78 is 5.75. The fourth-order valence-corrected chi connectivity index (χ4v) is 2.80. The molecular formula is C12H22O2. The largest absolute Gasteiger partial charge is 0.393 e. The van der Waals surface area contributed by atoms with Crippen molar-refractivity contribution >= 4 is 0 Å². The Balaban J connectivity index is 1.78. The Morgan fingerprint density at radius 1 is 1.29 bits per heavy atom. The van der Waals surface area contributed by atoms with Gasteiger partial charge < -0.3 is 9.84 Å². The molecule has 0 saturated carbocycles. The molecular weight excluding hydrogens is 176 g/mol. The van der Waals surface area contributed by atoms with E-state index in [1.807, 2.05) is 0 Å². The van der Waals surface area contributed by atoms with Gasteiger partial charge in [0.15, 0.2) is 0 Å². The number of fused-ring (bicyclic) bond motifs is 2. The van der Waals surface area contributed by atoms with E-state index in [4.69, 9.17) is 4.74 Å². The molecule has 1 N–H and O–H groups in total. The molecule has 2 aliphatic rings. The van der Waals surface area contributed by atoms with E-state index >= 15 is 0 Å². The molecule has 2 heterocycles. The van der Waals surface area contributed by atoms with Gasteiger partial charge in [0.05, 0.1) is 18.3 Å². The lowest BCUT2D eigenvalue weighted by atomic mass is 9.83. The number of ether oxygens (including phenoxy) is 1. The second kappa shape index (κ2) is 4.19. The average Bonchev–Trinajstić information content (AvgIpc) is 2.74. The minimum Gasteiger partial charge on any atom is -0.393 e. The van der Waals surface area contributed by atoms with Gasteiger partial charge in [-0.15, -0.1) is 0 Å². The Hall–Kier alpha value is -0.0800. The predicted molar refractivity (Wildman–Crippen MR) is 56.1 cm³/mol. The van der Waals surface area contributed by atoms with Crippen LogP contribution in [0.2, 0.25) is 0 Å². The van der Waals surface area contributed by atoms with Crippen molar-refractivity contribution in [1.82, 2.24) is 0 Å². The predicted octanol–water partition coefficient (Wildman–Crippen LogP) is 2.35. The first-order chi connectivity index (χ1) is 6.66. The molecule has 0 aromatic heterocycles. The van der Waals surface area contributed by atoms with Gasteiger partial charge in [-0.3, -0.25) is 0 Å². The fraction of sp³-hybridized carbons (Fsp3) is 1.00. The molecule has 0 amide bonds. The third-order valence-corrected chi connectivity index (χ3v) is 3.69. The molecule has 2 aliphatic heterocycles. The van der Waals surface area contributed by atoms with Crippen LogP contribution >= 0.6 is 0 Å². The van der Waals surface area contributed by atoms with Crippen LogP contribution in [0.3, 0.4) is 0 Å². The quantitative estimate of drug-likeness (QED) is 0.751. The number of hydrogen-bond acceptors (Lipinski definition) is 2. The lowest BCUT2D eigenvalue weighted by Gasteiger charge is -2.24. The molecule has 0 spiro atoms. The third-order valence-electron chi connectivity index (χ3n) is 3.69. The molecule has 2 fully saturated rings. The molecule has 2 heteroatoms. The number of hydrogen-bond donors (Lipinski definition) is 1. The van der Waals surface area contributed by atoms with Crippen molar-refractivity contribution in [3.8, 4) is 0 Å². The summed E-state index contributed by atoms with van der Waals surface area (Å²) in [6, 6.07) is 0. The number of rotatable bonds is 4. The summed E-state index contributed by atoms with van der Waals surface area (Å²) in [5, 5.41) is 10.0. The van der Waals surface area contributed by atoms with Gasteiger partial charge in [0.1, 0.15) is 0 Å². The maximum absolute atomic E-state index is 10.0. The van der Waals surface area contributed by atoms with E-state index in [9.17, 15) is 5.11 Å². The minimum atomic E-state index is -0.118. The van der Waals surface area contributed by atoms with Crippen LogP contribution in [0.4, 0.5) is 0 Å². The van der Waals surface area contributed by atoms with Crippen LogP contribution in [-0.4, -0.2) is 23.4 Å². The third kappa shape index (κ3) is 2.12. The van der Waals surface area contributed by atoms with E-state index in [0.717, 1.165) is 19.3 Å². The maximum Gasteiger partial charge on any atom is 0.0633 e. The van der Waals surface area contributed by atoms with Gasteiger partial charge in [-0.05, 0) is 38.0 Å². The first kappa shape index (κ1) is 10.4. The standard InChI is InChI=1S/C12H22O2/c1-8(2)3-5-11(13)10-7-9-4-6-12(10)14-9/h8-13H,3-7H2,1-2H3. The summed E-state index contributed by atoms with van der Waals surface area (Å²) >= 11 is 0. The highest BCUT2D eigenvalue weighted by molar-refractivity contribution is 4.92. The van der Waals surface area contributed by atoms with Gasteiger partial charge in [-0.25, -0.2) is 0 Å². The van der Waals surface area contributed by atoms with Crippen molar-refractivity contribution < 1.29 is 9.84 Å². The van der Waals surface area contributed by atoms with Crippen LogP contribution in [0.15, 0.2) is 0 Å². The SMILES string of the molecule is CC(C)CCC(O)C1CC2CCC1O2. The molecule has 2 nitrogen and oxygen atoms in total. The monoisotopic (exact) mass is 198 g/mol. The zero-order chi connectivity index (χ0) is 10.1. The topological polar surface area (TPSA) is 29.5 Å². The van der Waals surface area contributed by atoms with Crippen molar-refractivity contribution in [1.29, 1.82) is 0 Å². The smallest absolute Gasteiger partial charge is 0.0633 e. The first-order valence-electron chi connectivity index (χ1n) is 6.00. The fourth-order valence-electron chi connectivity index (χ4n) is 2.80. The second-order valence-electron chi connectivity index (χ2n) is 5.31. The van der Waals surface area contributed by atoms with Crippen LogP contribution in [0.5, 0.6) is 0 Å². The van der Waals surface area contributed by atoms with Gasteiger partial charge in [-0.2, -0.15) is 0 Å². The zero-order valence-corrected chi connectivity index (χ0v) is 9.28. The van der Waals surface area contributed by atoms with Crippen LogP contribution < -0.4 is 0 Å². The molecule has 14 heavy (non-hydrogen) atoms. The summed E-state index contributed by atoms with van der Waals surface area (Å²) in [7, 11) is 0. The van der Waals surface area contributed by atoms with E-state index in [2.05, 4.69) is 13.8 Å². The highest BCUT2D eigenvalue weighted by Crippen LogP contribution is 2.41. The number of aliphatic hydroxyl groups excluding tert-OH is 1. The van der Waals surface area contributed by atoms with E-state index in [-0.39, 0.29) is 6.10 Å². The van der Waals surface area contributed by atoms with Crippen molar-refractivity contribution in [3.05, 3.63) is 0 Å². The molecule has 0 aliphatic carbocycles. The summed E-state index contributed by atoms with van der Waals surface area (Å²) in [5.41, 5.74) is 0. The Morgan fingerprint density at radius 2 is 2.07 bits per heavy atom. The van der Waals surface area contributed by atoms with E-state index in [1.165, 1.54) is 12.8 Å². The van der Waals surface area contributed by atoms with Crippen molar-refractivity contribution in [3.63, 3.8) is 0 Å². The van der Waals surface area contributed by atoms with Gasteiger partial charge in [0.2, 0.25) is 0 Å². The lowest BCUT2D eigenvalue weighted by molar-refractivity contribution is 0.0364. The summed E-state index contributed by atoms with van der Waals surface area (Å²) in [5.74, 6) is 1.14. The van der Waals surface area contributed by atoms with Crippen molar-refractivity contribution in [2.45, 2.75) is 64.3 Å². The molecule has 2 bridgehead atoms. The zero-order valence-electron chi connectivity index (χ0n) is 9.28. The van der Waals surface area contributed by atoms with Gasteiger partial charge >= 0.3 is 0 Å². The van der Waals surface area contributed by atoms with Crippen LogP contribution in [0.1, 0.15) is 46.0 Å². The Kier molecular flexibility index (Phi) is 3.13. The summed E-state index contributed by atoms with van der Waals surface area (Å²) in [4.78, 5) is 0. The van der Waals surface area contributed by atoms with Crippen LogP contribution in [0.25, 0.3) is 0 Å². The molecule has 2 saturated heterocycles. The number of aliphatic hydroxyl groups is 1. The molecule has 2 rings (SSSR count). The van der Waals surface area contributed by atoms with Gasteiger partial charge in [0, 0.05) is 5.92 Å². The van der Waals surface area contributed by atoms with Crippen molar-refractivity contribution in [2.24, 2.45) is 11.8 Å². The first-order valence-corrected chi connectivity index (χ1v) is 6.00.